The first kappa shape index (κ1) is 33.6. The van der Waals surface area contributed by atoms with E-state index < -0.39 is 15.0 Å². The van der Waals surface area contributed by atoms with Gasteiger partial charge in [0.05, 0.1) is 22.8 Å². The maximum atomic E-state index is 14.6. The van der Waals surface area contributed by atoms with Crippen molar-refractivity contribution in [1.82, 2.24) is 10.2 Å². The number of nitrogens with one attached hydrogen (secondary N) is 2. The molecule has 8 heteroatoms. The minimum absolute atomic E-state index is 0.0692. The monoisotopic (exact) mass is 616 g/mol. The fourth-order valence-corrected chi connectivity index (χ4v) is 10.8. The molecule has 2 saturated carbocycles. The van der Waals surface area contributed by atoms with Crippen LogP contribution in [0.4, 0.5) is 0 Å². The molecule has 234 valence electrons. The molecule has 0 aliphatic heterocycles. The normalized spacial score (nSPS) is 29.7. The maximum Gasteiger partial charge on any atom is 0.300 e. The molecule has 0 amide bonds. The summed E-state index contributed by atoms with van der Waals surface area (Å²) in [6, 6.07) is 19.0. The Morgan fingerprint density at radius 2 is 1.00 bits per heavy atom. The third-order valence-electron chi connectivity index (χ3n) is 9.45. The molecule has 2 aromatic rings. The molecule has 4 rings (SSSR count). The smallest absolute Gasteiger partial charge is 0.300 e. The minimum atomic E-state index is -3.38. The first-order chi connectivity index (χ1) is 20.0. The molecule has 2 aromatic carbocycles. The Morgan fingerprint density at radius 3 is 1.33 bits per heavy atom. The molecule has 42 heavy (non-hydrogen) atoms. The highest BCUT2D eigenvalue weighted by Crippen LogP contribution is 2.50. The summed E-state index contributed by atoms with van der Waals surface area (Å²) >= 11 is 0. The highest BCUT2D eigenvalue weighted by Gasteiger charge is 2.39. The molecule has 2 N–H and O–H groups in total. The molecule has 2 aliphatic carbocycles. The van der Waals surface area contributed by atoms with Crippen molar-refractivity contribution in [1.29, 1.82) is 0 Å². The van der Waals surface area contributed by atoms with Crippen LogP contribution in [0.15, 0.2) is 60.7 Å². The van der Waals surface area contributed by atoms with Gasteiger partial charge >= 0.3 is 0 Å². The zero-order valence-corrected chi connectivity index (χ0v) is 28.4. The lowest BCUT2D eigenvalue weighted by atomic mass is 9.75. The fourth-order valence-electron chi connectivity index (χ4n) is 6.89. The van der Waals surface area contributed by atoms with Gasteiger partial charge in [0, 0.05) is 13.1 Å². The fraction of sp³-hybridized carbons (Fsp3) is 0.647. The molecule has 0 saturated heterocycles. The van der Waals surface area contributed by atoms with Crippen LogP contribution in [0.3, 0.4) is 0 Å². The van der Waals surface area contributed by atoms with Crippen LogP contribution in [0.5, 0.6) is 0 Å². The van der Waals surface area contributed by atoms with E-state index in [-0.39, 0.29) is 12.2 Å². The molecule has 0 heterocycles. The molecular weight excluding hydrogens is 562 g/mol. The highest BCUT2D eigenvalue weighted by molar-refractivity contribution is 7.65. The molecule has 0 spiro atoms. The zero-order valence-electron chi connectivity index (χ0n) is 26.6. The average Bonchev–Trinajstić information content (AvgIpc) is 2.96. The Morgan fingerprint density at radius 1 is 0.643 bits per heavy atom. The number of rotatable bonds is 13. The van der Waals surface area contributed by atoms with E-state index in [4.69, 9.17) is 9.05 Å². The quantitative estimate of drug-likeness (QED) is 0.175. The van der Waals surface area contributed by atoms with Crippen molar-refractivity contribution in [3.8, 4) is 0 Å². The molecule has 0 radical (unpaired) electrons. The van der Waals surface area contributed by atoms with Crippen molar-refractivity contribution in [2.45, 2.75) is 92.3 Å². The van der Waals surface area contributed by atoms with Crippen molar-refractivity contribution >= 4 is 25.6 Å². The van der Waals surface area contributed by atoms with E-state index in [0.717, 1.165) is 25.7 Å². The van der Waals surface area contributed by atoms with Crippen LogP contribution in [0, 0.1) is 35.5 Å². The zero-order chi connectivity index (χ0) is 30.3. The van der Waals surface area contributed by atoms with Crippen molar-refractivity contribution in [2.75, 3.05) is 13.1 Å². The highest BCUT2D eigenvalue weighted by atomic mass is 31.2. The summed E-state index contributed by atoms with van der Waals surface area (Å²) in [7, 11) is -6.77. The van der Waals surface area contributed by atoms with E-state index in [0.29, 0.717) is 59.2 Å². The Hall–Kier alpha value is -1.26. The van der Waals surface area contributed by atoms with Crippen molar-refractivity contribution < 1.29 is 18.2 Å². The van der Waals surface area contributed by atoms with E-state index in [1.165, 1.54) is 12.8 Å². The van der Waals surface area contributed by atoms with Gasteiger partial charge in [-0.1, -0.05) is 90.8 Å². The van der Waals surface area contributed by atoms with E-state index in [2.05, 4.69) is 51.7 Å². The number of hydrogen-bond donors (Lipinski definition) is 2. The summed E-state index contributed by atoms with van der Waals surface area (Å²) in [6.45, 7) is 14.1. The van der Waals surface area contributed by atoms with E-state index in [1.54, 1.807) is 0 Å². The summed E-state index contributed by atoms with van der Waals surface area (Å²) in [5, 5.41) is 7.92. The summed E-state index contributed by atoms with van der Waals surface area (Å²) in [4.78, 5) is 0. The molecular formula is C34H54N2O4P2. The van der Waals surface area contributed by atoms with Crippen LogP contribution in [0.1, 0.15) is 80.1 Å². The average molecular weight is 617 g/mol. The molecule has 0 aromatic heterocycles. The lowest BCUT2D eigenvalue weighted by Crippen LogP contribution is -2.39. The molecule has 6 nitrogen and oxygen atoms in total. The molecule has 0 unspecified atom stereocenters. The van der Waals surface area contributed by atoms with Gasteiger partial charge in [-0.05, 0) is 85.5 Å². The summed E-state index contributed by atoms with van der Waals surface area (Å²) in [6.07, 6.45) is 6.23. The van der Waals surface area contributed by atoms with Gasteiger partial charge in [0.2, 0.25) is 0 Å². The summed E-state index contributed by atoms with van der Waals surface area (Å²) in [5.41, 5.74) is 0. The number of hydrogen-bond acceptors (Lipinski definition) is 4. The van der Waals surface area contributed by atoms with E-state index >= 15 is 0 Å². The van der Waals surface area contributed by atoms with Crippen LogP contribution in [-0.4, -0.2) is 25.3 Å². The van der Waals surface area contributed by atoms with Gasteiger partial charge in [0.25, 0.3) is 15.0 Å². The minimum Gasteiger partial charge on any atom is -0.311 e. The molecule has 2 fully saturated rings. The van der Waals surface area contributed by atoms with Crippen LogP contribution in [0.25, 0.3) is 0 Å². The van der Waals surface area contributed by atoms with Crippen LogP contribution >= 0.6 is 15.0 Å². The predicted octanol–water partition coefficient (Wildman–Crippen LogP) is 8.16. The van der Waals surface area contributed by atoms with Crippen molar-refractivity contribution in [3.63, 3.8) is 0 Å². The van der Waals surface area contributed by atoms with Crippen molar-refractivity contribution in [2.24, 2.45) is 35.5 Å². The lowest BCUT2D eigenvalue weighted by Gasteiger charge is -2.39. The first-order valence-electron chi connectivity index (χ1n) is 16.2. The second-order valence-corrected chi connectivity index (χ2v) is 17.8. The van der Waals surface area contributed by atoms with E-state index in [1.807, 2.05) is 60.7 Å². The second-order valence-electron chi connectivity index (χ2n) is 13.5. The second kappa shape index (κ2) is 15.2. The lowest BCUT2D eigenvalue weighted by molar-refractivity contribution is 0.0474. The van der Waals surface area contributed by atoms with Gasteiger partial charge < -0.3 is 9.05 Å². The van der Waals surface area contributed by atoms with E-state index in [9.17, 15) is 9.13 Å². The summed E-state index contributed by atoms with van der Waals surface area (Å²) < 4.78 is 42.4. The Bertz CT molecular complexity index is 1100. The topological polar surface area (TPSA) is 76.7 Å². The Balaban J connectivity index is 1.50. The molecule has 2 aliphatic rings. The predicted molar refractivity (Wildman–Crippen MR) is 176 cm³/mol. The third-order valence-corrected chi connectivity index (χ3v) is 13.8. The first-order valence-corrected chi connectivity index (χ1v) is 19.4. The summed E-state index contributed by atoms with van der Waals surface area (Å²) in [5.74, 6) is 2.75. The Labute approximate surface area is 255 Å². The van der Waals surface area contributed by atoms with Gasteiger partial charge in [-0.3, -0.25) is 9.13 Å². The van der Waals surface area contributed by atoms with Crippen LogP contribution < -0.4 is 20.8 Å². The van der Waals surface area contributed by atoms with Gasteiger partial charge in [0.1, 0.15) is 0 Å². The molecule has 0 bridgehead atoms. The SMILES string of the molecule is CC(C)[C@@H]1CC[C@@H](C)C[C@H]1O[P@@](=O)(NCCN[P@](=O)(O[C@@H]1C[C@H](C)CC[C@H]1C(C)C)c1ccccc1)c1ccccc1. The van der Waals surface area contributed by atoms with Gasteiger partial charge in [0.15, 0.2) is 0 Å². The molecule has 8 atom stereocenters. The number of benzene rings is 2. The standard InChI is InChI=1S/C34H54N2O4P2/c1-25(2)31-19-17-27(5)23-33(31)39-41(37,29-13-9-7-10-14-29)35-21-22-36-42(38,30-15-11-8-12-16-30)40-34-24-28(6)18-20-32(34)26(3)4/h7-16,25-28,31-34H,17-24H2,1-6H3,(H,35,37)(H,36,38)/t27-,28-,31+,32+,33-,34-,41-,42-/m1/s1. The van der Waals surface area contributed by atoms with Crippen LogP contribution in [-0.2, 0) is 18.2 Å². The Kier molecular flexibility index (Phi) is 12.1. The van der Waals surface area contributed by atoms with Gasteiger partial charge in [-0.2, -0.15) is 0 Å². The van der Waals surface area contributed by atoms with Gasteiger partial charge in [-0.25, -0.2) is 10.2 Å². The maximum absolute atomic E-state index is 14.6. The largest absolute Gasteiger partial charge is 0.311 e. The van der Waals surface area contributed by atoms with Gasteiger partial charge in [-0.15, -0.1) is 0 Å². The van der Waals surface area contributed by atoms with Crippen molar-refractivity contribution in [3.05, 3.63) is 60.7 Å². The van der Waals surface area contributed by atoms with Crippen LogP contribution in [0.2, 0.25) is 0 Å². The third kappa shape index (κ3) is 8.68.